The van der Waals surface area contributed by atoms with Crippen LogP contribution < -0.4 is 5.32 Å². The van der Waals surface area contributed by atoms with Gasteiger partial charge in [0.05, 0.1) is 23.1 Å². The Morgan fingerprint density at radius 1 is 1.33 bits per heavy atom. The molecule has 3 nitrogen and oxygen atoms in total. The van der Waals surface area contributed by atoms with Crippen LogP contribution in [0.5, 0.6) is 0 Å². The number of nitrogens with one attached hydrogen (secondary N) is 1. The van der Waals surface area contributed by atoms with E-state index in [1.54, 1.807) is 0 Å². The second-order valence-corrected chi connectivity index (χ2v) is 6.03. The van der Waals surface area contributed by atoms with Crippen LogP contribution >= 0.6 is 11.3 Å². The highest BCUT2D eigenvalue weighted by Gasteiger charge is 2.20. The minimum absolute atomic E-state index is 0.353. The van der Waals surface area contributed by atoms with Gasteiger partial charge >= 0.3 is 0 Å². The second-order valence-electron chi connectivity index (χ2n) is 5.05. The molecule has 0 bridgehead atoms. The molecule has 1 atom stereocenters. The monoisotopic (exact) mass is 263 g/mol. The molecule has 0 radical (unpaired) electrons. The summed E-state index contributed by atoms with van der Waals surface area (Å²) in [5, 5.41) is 10.3. The predicted molar refractivity (Wildman–Crippen MR) is 78.2 cm³/mol. The third kappa shape index (κ3) is 2.43. The van der Waals surface area contributed by atoms with Gasteiger partial charge in [0.25, 0.3) is 0 Å². The summed E-state index contributed by atoms with van der Waals surface area (Å²) in [6, 6.07) is 4.66. The van der Waals surface area contributed by atoms with E-state index in [1.807, 2.05) is 23.1 Å². The van der Waals surface area contributed by atoms with Crippen LogP contribution in [-0.4, -0.2) is 9.78 Å². The lowest BCUT2D eigenvalue weighted by atomic mass is 10.0. The first-order valence-corrected chi connectivity index (χ1v) is 7.18. The molecule has 0 saturated carbocycles. The number of aromatic nitrogens is 2. The van der Waals surface area contributed by atoms with E-state index in [-0.39, 0.29) is 0 Å². The first kappa shape index (κ1) is 13.1. The Balaban J connectivity index is 2.30. The third-order valence-corrected chi connectivity index (χ3v) is 4.28. The van der Waals surface area contributed by atoms with Gasteiger partial charge in [-0.3, -0.25) is 4.68 Å². The Hall–Kier alpha value is -1.29. The molecule has 0 amide bonds. The van der Waals surface area contributed by atoms with E-state index >= 15 is 0 Å². The van der Waals surface area contributed by atoms with E-state index in [4.69, 9.17) is 0 Å². The Morgan fingerprint density at radius 3 is 2.50 bits per heavy atom. The van der Waals surface area contributed by atoms with Crippen LogP contribution in [0.2, 0.25) is 0 Å². The summed E-state index contributed by atoms with van der Waals surface area (Å²) in [4.78, 5) is 1.38. The van der Waals surface area contributed by atoms with Gasteiger partial charge in [-0.1, -0.05) is 19.9 Å². The Bertz CT molecular complexity index is 511. The van der Waals surface area contributed by atoms with E-state index in [9.17, 15) is 0 Å². The van der Waals surface area contributed by atoms with Gasteiger partial charge in [0.2, 0.25) is 0 Å². The normalized spacial score (nSPS) is 13.0. The lowest BCUT2D eigenvalue weighted by Crippen LogP contribution is -2.16. The number of thiophene rings is 1. The number of nitrogens with zero attached hydrogens (tertiary/aromatic N) is 2. The minimum atomic E-state index is 0.353. The van der Waals surface area contributed by atoms with Gasteiger partial charge in [-0.15, -0.1) is 11.3 Å². The molecule has 0 aliphatic carbocycles. The van der Waals surface area contributed by atoms with Gasteiger partial charge < -0.3 is 5.32 Å². The van der Waals surface area contributed by atoms with Gasteiger partial charge in [0.1, 0.15) is 0 Å². The molecule has 2 rings (SSSR count). The Kier molecular flexibility index (Phi) is 3.76. The van der Waals surface area contributed by atoms with E-state index in [0.29, 0.717) is 12.0 Å². The molecule has 1 unspecified atom stereocenters. The predicted octanol–water partition coefficient (Wildman–Crippen LogP) is 3.91. The van der Waals surface area contributed by atoms with Gasteiger partial charge in [0, 0.05) is 11.9 Å². The van der Waals surface area contributed by atoms with Crippen molar-refractivity contribution in [2.45, 2.75) is 33.7 Å². The summed E-state index contributed by atoms with van der Waals surface area (Å²) >= 11 is 1.81. The lowest BCUT2D eigenvalue weighted by molar-refractivity contribution is 0.553. The number of aryl methyl sites for hydroxylation is 2. The number of hydrogen-bond donors (Lipinski definition) is 1. The highest BCUT2D eigenvalue weighted by molar-refractivity contribution is 7.10. The smallest absolute Gasteiger partial charge is 0.0828 e. The molecule has 0 aromatic carbocycles. The molecule has 2 aromatic rings. The van der Waals surface area contributed by atoms with Gasteiger partial charge in [-0.25, -0.2) is 0 Å². The molecule has 0 saturated heterocycles. The van der Waals surface area contributed by atoms with E-state index < -0.39 is 0 Å². The highest BCUT2D eigenvalue weighted by Crippen LogP contribution is 2.31. The molecular formula is C14H21N3S. The molecule has 18 heavy (non-hydrogen) atoms. The number of anilines is 1. The van der Waals surface area contributed by atoms with Gasteiger partial charge in [-0.05, 0) is 31.2 Å². The maximum atomic E-state index is 4.46. The van der Waals surface area contributed by atoms with Crippen molar-refractivity contribution in [3.05, 3.63) is 33.8 Å². The SMILES string of the molecule is Cc1nn(C)c(C)c1NC(c1cccs1)C(C)C. The van der Waals surface area contributed by atoms with Crippen LogP contribution in [0.15, 0.2) is 17.5 Å². The van der Waals surface area contributed by atoms with Crippen molar-refractivity contribution in [2.24, 2.45) is 13.0 Å². The van der Waals surface area contributed by atoms with E-state index in [0.717, 1.165) is 5.69 Å². The van der Waals surface area contributed by atoms with Gasteiger partial charge in [-0.2, -0.15) is 5.10 Å². The first-order valence-electron chi connectivity index (χ1n) is 6.30. The highest BCUT2D eigenvalue weighted by atomic mass is 32.1. The average Bonchev–Trinajstić information content (AvgIpc) is 2.88. The zero-order chi connectivity index (χ0) is 13.3. The molecule has 4 heteroatoms. The molecule has 2 heterocycles. The summed E-state index contributed by atoms with van der Waals surface area (Å²) in [5.41, 5.74) is 3.43. The number of hydrogen-bond acceptors (Lipinski definition) is 3. The van der Waals surface area contributed by atoms with Crippen LogP contribution in [0, 0.1) is 19.8 Å². The third-order valence-electron chi connectivity index (χ3n) is 3.33. The fourth-order valence-corrected chi connectivity index (χ4v) is 3.12. The maximum absolute atomic E-state index is 4.46. The van der Waals surface area contributed by atoms with Crippen molar-refractivity contribution in [2.75, 3.05) is 5.32 Å². The second kappa shape index (κ2) is 5.14. The van der Waals surface area contributed by atoms with Crippen LogP contribution in [0.25, 0.3) is 0 Å². The molecular weight excluding hydrogens is 242 g/mol. The van der Waals surface area contributed by atoms with Crippen molar-refractivity contribution in [1.82, 2.24) is 9.78 Å². The van der Waals surface area contributed by atoms with Crippen LogP contribution in [0.3, 0.4) is 0 Å². The average molecular weight is 263 g/mol. The van der Waals surface area contributed by atoms with Crippen molar-refractivity contribution < 1.29 is 0 Å². The van der Waals surface area contributed by atoms with Crippen LogP contribution in [0.4, 0.5) is 5.69 Å². The van der Waals surface area contributed by atoms with Crippen molar-refractivity contribution in [3.8, 4) is 0 Å². The van der Waals surface area contributed by atoms with Crippen LogP contribution in [-0.2, 0) is 7.05 Å². The molecule has 2 aromatic heterocycles. The van der Waals surface area contributed by atoms with Crippen LogP contribution in [0.1, 0.15) is 36.2 Å². The summed E-state index contributed by atoms with van der Waals surface area (Å²) in [5.74, 6) is 0.544. The summed E-state index contributed by atoms with van der Waals surface area (Å²) in [7, 11) is 1.99. The largest absolute Gasteiger partial charge is 0.374 e. The molecule has 0 aliphatic rings. The van der Waals surface area contributed by atoms with Crippen molar-refractivity contribution >= 4 is 17.0 Å². The molecule has 0 aliphatic heterocycles. The molecule has 0 fully saturated rings. The summed E-state index contributed by atoms with van der Waals surface area (Å²) < 4.78 is 1.93. The molecule has 1 N–H and O–H groups in total. The quantitative estimate of drug-likeness (QED) is 0.906. The first-order chi connectivity index (χ1) is 8.50. The standard InChI is InChI=1S/C14H21N3S/c1-9(2)13(12-7-6-8-18-12)15-14-10(3)16-17(5)11(14)4/h6-9,13,15H,1-5H3. The fourth-order valence-electron chi connectivity index (χ4n) is 2.17. The van der Waals surface area contributed by atoms with E-state index in [2.05, 4.69) is 55.6 Å². The Morgan fingerprint density at radius 2 is 2.06 bits per heavy atom. The minimum Gasteiger partial charge on any atom is -0.374 e. The van der Waals surface area contributed by atoms with Crippen molar-refractivity contribution in [1.29, 1.82) is 0 Å². The topological polar surface area (TPSA) is 29.9 Å². The summed E-state index contributed by atoms with van der Waals surface area (Å²) in [6.45, 7) is 8.66. The maximum Gasteiger partial charge on any atom is 0.0828 e. The van der Waals surface area contributed by atoms with E-state index in [1.165, 1.54) is 16.3 Å². The summed E-state index contributed by atoms with van der Waals surface area (Å²) in [6.07, 6.45) is 0. The fraction of sp³-hybridized carbons (Fsp3) is 0.500. The number of rotatable bonds is 4. The zero-order valence-electron chi connectivity index (χ0n) is 11.7. The Labute approximate surface area is 113 Å². The van der Waals surface area contributed by atoms with Gasteiger partial charge in [0.15, 0.2) is 0 Å². The zero-order valence-corrected chi connectivity index (χ0v) is 12.5. The molecule has 98 valence electrons. The molecule has 0 spiro atoms. The lowest BCUT2D eigenvalue weighted by Gasteiger charge is -2.22. The van der Waals surface area contributed by atoms with Crippen molar-refractivity contribution in [3.63, 3.8) is 0 Å².